The first-order valence-corrected chi connectivity index (χ1v) is 10.5. The fourth-order valence-electron chi connectivity index (χ4n) is 2.81. The molecule has 0 unspecified atom stereocenters. The topological polar surface area (TPSA) is 84.6 Å². The quantitative estimate of drug-likeness (QED) is 0.446. The van der Waals surface area contributed by atoms with Crippen LogP contribution in [0.15, 0.2) is 66.7 Å². The maximum absolute atomic E-state index is 12.0. The highest BCUT2D eigenvalue weighted by atomic mass is 35.5. The van der Waals surface area contributed by atoms with Gasteiger partial charge in [0.15, 0.2) is 0 Å². The smallest absolute Gasteiger partial charge is 0.246 e. The molecule has 3 rings (SSSR count). The van der Waals surface area contributed by atoms with Crippen molar-refractivity contribution in [2.75, 3.05) is 18.5 Å². The second-order valence-electron chi connectivity index (χ2n) is 7.48. The number of carbonyl (C=O) groups excluding carboxylic acids is 1. The van der Waals surface area contributed by atoms with Gasteiger partial charge in [0.25, 0.3) is 0 Å². The van der Waals surface area contributed by atoms with Gasteiger partial charge in [0.1, 0.15) is 11.3 Å². The summed E-state index contributed by atoms with van der Waals surface area (Å²) >= 11 is 12.1. The highest BCUT2D eigenvalue weighted by Gasteiger charge is 2.27. The minimum absolute atomic E-state index is 0.436. The van der Waals surface area contributed by atoms with Gasteiger partial charge in [-0.05, 0) is 60.0 Å². The third-order valence-electron chi connectivity index (χ3n) is 4.83. The number of amides is 1. The van der Waals surface area contributed by atoms with Crippen molar-refractivity contribution in [1.29, 1.82) is 0 Å². The van der Waals surface area contributed by atoms with Crippen molar-refractivity contribution in [1.82, 2.24) is 0 Å². The molecule has 0 bridgehead atoms. The van der Waals surface area contributed by atoms with E-state index in [1.807, 2.05) is 24.3 Å². The summed E-state index contributed by atoms with van der Waals surface area (Å²) in [5.74, 6) is 0.246. The lowest BCUT2D eigenvalue weighted by Crippen LogP contribution is -2.51. The molecule has 0 saturated heterocycles. The van der Waals surface area contributed by atoms with Gasteiger partial charge < -0.3 is 20.9 Å². The number of hydrogen-bond acceptors (Lipinski definition) is 4. The lowest BCUT2D eigenvalue weighted by atomic mass is 10.0. The molecule has 0 aliphatic carbocycles. The second kappa shape index (κ2) is 10.2. The monoisotopic (exact) mass is 458 g/mol. The van der Waals surface area contributed by atoms with Gasteiger partial charge in [-0.2, -0.15) is 0 Å². The number of aliphatic hydroxyl groups is 1. The van der Waals surface area contributed by atoms with E-state index in [-0.39, 0.29) is 0 Å². The largest absolute Gasteiger partial charge is 0.493 e. The summed E-state index contributed by atoms with van der Waals surface area (Å²) < 4.78 is 5.79. The number of nitrogens with two attached hydrogens (primary N) is 1. The Kier molecular flexibility index (Phi) is 7.57. The Morgan fingerprint density at radius 3 is 2.26 bits per heavy atom. The Balaban J connectivity index is 1.51. The summed E-state index contributed by atoms with van der Waals surface area (Å²) in [7, 11) is 0. The number of halogens is 2. The molecule has 31 heavy (non-hydrogen) atoms. The van der Waals surface area contributed by atoms with Crippen LogP contribution in [0.2, 0.25) is 10.0 Å². The minimum atomic E-state index is -1.33. The van der Waals surface area contributed by atoms with Gasteiger partial charge in [-0.15, -0.1) is 0 Å². The molecule has 0 spiro atoms. The first kappa shape index (κ1) is 23.1. The van der Waals surface area contributed by atoms with Gasteiger partial charge >= 0.3 is 0 Å². The molecule has 1 atom stereocenters. The molecule has 162 valence electrons. The Morgan fingerprint density at radius 1 is 1.00 bits per heavy atom. The van der Waals surface area contributed by atoms with Crippen molar-refractivity contribution in [3.05, 3.63) is 82.3 Å². The molecule has 0 aliphatic heterocycles. The zero-order valence-electron chi connectivity index (χ0n) is 17.1. The summed E-state index contributed by atoms with van der Waals surface area (Å²) in [6.45, 7) is 1.55. The molecular weight excluding hydrogens is 435 g/mol. The zero-order valence-corrected chi connectivity index (χ0v) is 18.6. The number of aliphatic hydroxyl groups excluding tert-OH is 1. The maximum atomic E-state index is 12.0. The number of nitrogens with one attached hydrogen (secondary N) is 1. The van der Waals surface area contributed by atoms with E-state index in [4.69, 9.17) is 38.8 Å². The predicted molar refractivity (Wildman–Crippen MR) is 126 cm³/mol. The van der Waals surface area contributed by atoms with E-state index in [0.29, 0.717) is 28.1 Å². The van der Waals surface area contributed by atoms with E-state index >= 15 is 0 Å². The van der Waals surface area contributed by atoms with Crippen molar-refractivity contribution < 1.29 is 14.6 Å². The number of carbonyl (C=O) groups is 1. The normalized spacial score (nSPS) is 12.8. The summed E-state index contributed by atoms with van der Waals surface area (Å²) in [6.07, 6.45) is 0.752. The van der Waals surface area contributed by atoms with Crippen LogP contribution in [0, 0.1) is 0 Å². The van der Waals surface area contributed by atoms with Gasteiger partial charge in [0, 0.05) is 12.1 Å². The van der Waals surface area contributed by atoms with Crippen LogP contribution in [0.25, 0.3) is 11.1 Å². The molecule has 0 heterocycles. The number of benzene rings is 3. The maximum Gasteiger partial charge on any atom is 0.246 e. The lowest BCUT2D eigenvalue weighted by Gasteiger charge is -2.20. The van der Waals surface area contributed by atoms with Crippen LogP contribution >= 0.6 is 23.2 Å². The fraction of sp³-hybridized carbons (Fsp3) is 0.208. The molecule has 1 amide bonds. The molecule has 0 aromatic heterocycles. The van der Waals surface area contributed by atoms with E-state index in [1.165, 1.54) is 6.92 Å². The molecule has 3 aromatic rings. The lowest BCUT2D eigenvalue weighted by molar-refractivity contribution is -0.121. The molecule has 3 aromatic carbocycles. The molecule has 0 radical (unpaired) electrons. The summed E-state index contributed by atoms with van der Waals surface area (Å²) in [5, 5.41) is 12.9. The highest BCUT2D eigenvalue weighted by Crippen LogP contribution is 2.28. The van der Waals surface area contributed by atoms with Crippen molar-refractivity contribution in [3.63, 3.8) is 0 Å². The molecule has 7 heteroatoms. The Bertz CT molecular complexity index is 1040. The zero-order chi connectivity index (χ0) is 22.4. The van der Waals surface area contributed by atoms with E-state index in [2.05, 4.69) is 17.4 Å². The number of hydrogen-bond donors (Lipinski definition) is 3. The molecule has 4 N–H and O–H groups in total. The Hall–Kier alpha value is -2.57. The van der Waals surface area contributed by atoms with Gasteiger partial charge in [0.05, 0.1) is 23.3 Å². The van der Waals surface area contributed by atoms with Crippen LogP contribution in [0.5, 0.6) is 5.75 Å². The van der Waals surface area contributed by atoms with Crippen LogP contribution in [0.4, 0.5) is 5.69 Å². The molecule has 0 fully saturated rings. The van der Waals surface area contributed by atoms with Crippen molar-refractivity contribution in [3.8, 4) is 16.9 Å². The van der Waals surface area contributed by atoms with E-state index < -0.39 is 18.1 Å². The third-order valence-corrected chi connectivity index (χ3v) is 5.56. The molecule has 0 saturated carbocycles. The highest BCUT2D eigenvalue weighted by molar-refractivity contribution is 6.42. The average molecular weight is 459 g/mol. The van der Waals surface area contributed by atoms with Crippen LogP contribution in [0.3, 0.4) is 0 Å². The van der Waals surface area contributed by atoms with Gasteiger partial charge in [-0.25, -0.2) is 0 Å². The average Bonchev–Trinajstić information content (AvgIpc) is 2.77. The Labute approximate surface area is 191 Å². The minimum Gasteiger partial charge on any atom is -0.493 e. The predicted octanol–water partition coefficient (Wildman–Crippen LogP) is 4.93. The molecule has 0 aliphatic rings. The Morgan fingerprint density at radius 2 is 1.65 bits per heavy atom. The van der Waals surface area contributed by atoms with Crippen LogP contribution in [-0.4, -0.2) is 29.8 Å². The van der Waals surface area contributed by atoms with Crippen LogP contribution in [-0.2, 0) is 11.2 Å². The summed E-state index contributed by atoms with van der Waals surface area (Å²) in [6, 6.07) is 20.8. The fourth-order valence-corrected chi connectivity index (χ4v) is 3.10. The number of ether oxygens (including phenoxy) is 1. The van der Waals surface area contributed by atoms with Crippen molar-refractivity contribution in [2.45, 2.75) is 18.9 Å². The van der Waals surface area contributed by atoms with E-state index in [1.54, 1.807) is 30.3 Å². The van der Waals surface area contributed by atoms with E-state index in [9.17, 15) is 4.79 Å². The van der Waals surface area contributed by atoms with Crippen LogP contribution < -0.4 is 15.8 Å². The summed E-state index contributed by atoms with van der Waals surface area (Å²) in [4.78, 5) is 12.0. The van der Waals surface area contributed by atoms with Crippen LogP contribution in [0.1, 0.15) is 12.5 Å². The standard InChI is InChI=1S/C24H24Cl2N2O3/c1-24(27,15-29)23(30)28-19-7-9-20(10-8-19)31-13-12-16-2-4-17(5-3-16)18-6-11-21(25)22(26)14-18/h2-11,14,29H,12-13,15,27H2,1H3,(H,28,30)/t24-/m0/s1. The third kappa shape index (κ3) is 6.21. The number of rotatable bonds is 8. The van der Waals surface area contributed by atoms with Crippen molar-refractivity contribution >= 4 is 34.8 Å². The van der Waals surface area contributed by atoms with Crippen molar-refractivity contribution in [2.24, 2.45) is 5.73 Å². The number of anilines is 1. The first-order valence-electron chi connectivity index (χ1n) is 9.77. The SMILES string of the molecule is C[C@](N)(CO)C(=O)Nc1ccc(OCCc2ccc(-c3ccc(Cl)c(Cl)c3)cc2)cc1. The second-order valence-corrected chi connectivity index (χ2v) is 8.29. The molecule has 5 nitrogen and oxygen atoms in total. The molecular formula is C24H24Cl2N2O3. The summed E-state index contributed by atoms with van der Waals surface area (Å²) in [5.41, 5.74) is 8.20. The van der Waals surface area contributed by atoms with Gasteiger partial charge in [-0.3, -0.25) is 4.79 Å². The van der Waals surface area contributed by atoms with Gasteiger partial charge in [-0.1, -0.05) is 53.5 Å². The first-order chi connectivity index (χ1) is 14.8. The van der Waals surface area contributed by atoms with Gasteiger partial charge in [0.2, 0.25) is 5.91 Å². The van der Waals surface area contributed by atoms with E-state index in [0.717, 1.165) is 23.1 Å².